The number of carbonyl (C=O) groups excluding carboxylic acids is 1. The Kier molecular flexibility index (Phi) is 5.44. The molecule has 1 fully saturated rings. The van der Waals surface area contributed by atoms with Gasteiger partial charge in [-0.1, -0.05) is 48.0 Å². The summed E-state index contributed by atoms with van der Waals surface area (Å²) in [5.74, 6) is 0.229. The fourth-order valence-electron chi connectivity index (χ4n) is 3.96. The Morgan fingerprint density at radius 1 is 1.00 bits per heavy atom. The van der Waals surface area contributed by atoms with Gasteiger partial charge in [0.25, 0.3) is 0 Å². The number of fused-ring (bicyclic) bond motifs is 1. The number of aryl methyl sites for hydroxylation is 3. The molecule has 0 bridgehead atoms. The molecule has 146 valence electrons. The molecule has 0 radical (unpaired) electrons. The number of benzene rings is 2. The first-order valence-electron chi connectivity index (χ1n) is 10.1. The van der Waals surface area contributed by atoms with E-state index in [9.17, 15) is 4.79 Å². The molecule has 28 heavy (non-hydrogen) atoms. The van der Waals surface area contributed by atoms with Crippen molar-refractivity contribution in [1.82, 2.24) is 19.6 Å². The zero-order chi connectivity index (χ0) is 19.5. The Balaban J connectivity index is 1.28. The first-order valence-corrected chi connectivity index (χ1v) is 10.1. The van der Waals surface area contributed by atoms with Gasteiger partial charge in [0.2, 0.25) is 5.91 Å². The maximum atomic E-state index is 12.7. The van der Waals surface area contributed by atoms with Crippen LogP contribution in [-0.4, -0.2) is 51.7 Å². The average molecular weight is 377 g/mol. The second kappa shape index (κ2) is 8.15. The van der Waals surface area contributed by atoms with E-state index < -0.39 is 0 Å². The van der Waals surface area contributed by atoms with Crippen molar-refractivity contribution < 1.29 is 4.79 Å². The van der Waals surface area contributed by atoms with E-state index in [1.165, 1.54) is 16.7 Å². The molecule has 1 amide bonds. The number of rotatable bonds is 5. The molecule has 0 saturated carbocycles. The van der Waals surface area contributed by atoms with Crippen LogP contribution in [-0.2, 0) is 17.9 Å². The van der Waals surface area contributed by atoms with E-state index in [2.05, 4.69) is 60.2 Å². The van der Waals surface area contributed by atoms with Crippen molar-refractivity contribution >= 4 is 16.8 Å². The number of para-hydroxylation sites is 1. The summed E-state index contributed by atoms with van der Waals surface area (Å²) >= 11 is 0. The molecule has 1 aliphatic heterocycles. The summed E-state index contributed by atoms with van der Waals surface area (Å²) < 4.78 is 1.97. The minimum Gasteiger partial charge on any atom is -0.340 e. The van der Waals surface area contributed by atoms with Crippen molar-refractivity contribution in [2.45, 2.75) is 33.4 Å². The third-order valence-electron chi connectivity index (χ3n) is 5.65. The molecule has 4 rings (SSSR count). The van der Waals surface area contributed by atoms with E-state index in [-0.39, 0.29) is 5.91 Å². The lowest BCUT2D eigenvalue weighted by molar-refractivity contribution is -0.133. The summed E-state index contributed by atoms with van der Waals surface area (Å²) in [6, 6.07) is 14.9. The molecule has 0 N–H and O–H groups in total. The highest BCUT2D eigenvalue weighted by atomic mass is 16.2. The van der Waals surface area contributed by atoms with Gasteiger partial charge in [0.15, 0.2) is 0 Å². The molecule has 1 aliphatic rings. The maximum absolute atomic E-state index is 12.7. The van der Waals surface area contributed by atoms with Crippen molar-refractivity contribution in [1.29, 1.82) is 0 Å². The molecule has 0 aliphatic carbocycles. The number of amides is 1. The van der Waals surface area contributed by atoms with E-state index in [0.29, 0.717) is 13.0 Å². The average Bonchev–Trinajstić information content (AvgIpc) is 3.13. The number of aromatic nitrogens is 2. The number of hydrogen-bond donors (Lipinski definition) is 0. The summed E-state index contributed by atoms with van der Waals surface area (Å²) in [6.07, 6.45) is 2.39. The molecule has 0 spiro atoms. The minimum absolute atomic E-state index is 0.229. The van der Waals surface area contributed by atoms with E-state index in [0.717, 1.165) is 43.6 Å². The zero-order valence-corrected chi connectivity index (χ0v) is 16.8. The van der Waals surface area contributed by atoms with Gasteiger partial charge in [0.1, 0.15) is 0 Å². The molecular formula is C23H28N4O. The minimum atomic E-state index is 0.229. The lowest BCUT2D eigenvalue weighted by atomic mass is 10.1. The van der Waals surface area contributed by atoms with Crippen LogP contribution in [0.15, 0.2) is 48.7 Å². The van der Waals surface area contributed by atoms with Crippen LogP contribution in [0.2, 0.25) is 0 Å². The highest BCUT2D eigenvalue weighted by Gasteiger charge is 2.21. The first-order chi connectivity index (χ1) is 13.6. The van der Waals surface area contributed by atoms with Gasteiger partial charge in [-0.05, 0) is 25.0 Å². The van der Waals surface area contributed by atoms with Crippen molar-refractivity contribution in [2.24, 2.45) is 0 Å². The van der Waals surface area contributed by atoms with Crippen LogP contribution >= 0.6 is 0 Å². The Morgan fingerprint density at radius 2 is 1.75 bits per heavy atom. The molecule has 2 heterocycles. The second-order valence-electron chi connectivity index (χ2n) is 7.77. The van der Waals surface area contributed by atoms with Crippen LogP contribution in [0.25, 0.3) is 10.9 Å². The van der Waals surface area contributed by atoms with Crippen LogP contribution in [0.3, 0.4) is 0 Å². The number of piperazine rings is 1. The predicted octanol–water partition coefficient (Wildman–Crippen LogP) is 3.39. The summed E-state index contributed by atoms with van der Waals surface area (Å²) in [6.45, 7) is 9.29. The molecule has 5 heteroatoms. The van der Waals surface area contributed by atoms with Gasteiger partial charge >= 0.3 is 0 Å². The fraction of sp³-hybridized carbons (Fsp3) is 0.391. The molecule has 0 unspecified atom stereocenters. The Hall–Kier alpha value is -2.66. The van der Waals surface area contributed by atoms with E-state index >= 15 is 0 Å². The summed E-state index contributed by atoms with van der Waals surface area (Å²) in [7, 11) is 0. The van der Waals surface area contributed by atoms with Crippen molar-refractivity contribution in [3.63, 3.8) is 0 Å². The zero-order valence-electron chi connectivity index (χ0n) is 16.8. The molecule has 2 aromatic carbocycles. The highest BCUT2D eigenvalue weighted by Crippen LogP contribution is 2.18. The van der Waals surface area contributed by atoms with Crippen molar-refractivity contribution in [3.8, 4) is 0 Å². The van der Waals surface area contributed by atoms with Crippen molar-refractivity contribution in [3.05, 3.63) is 65.4 Å². The fourth-order valence-corrected chi connectivity index (χ4v) is 3.96. The lowest BCUT2D eigenvalue weighted by Gasteiger charge is -2.34. The van der Waals surface area contributed by atoms with Gasteiger partial charge in [-0.2, -0.15) is 5.10 Å². The van der Waals surface area contributed by atoms with Gasteiger partial charge < -0.3 is 4.90 Å². The van der Waals surface area contributed by atoms with Gasteiger partial charge in [0.05, 0.1) is 18.3 Å². The van der Waals surface area contributed by atoms with Gasteiger partial charge in [-0.25, -0.2) is 0 Å². The van der Waals surface area contributed by atoms with E-state index in [1.807, 2.05) is 21.8 Å². The quantitative estimate of drug-likeness (QED) is 0.685. The molecular weight excluding hydrogens is 348 g/mol. The topological polar surface area (TPSA) is 41.4 Å². The summed E-state index contributed by atoms with van der Waals surface area (Å²) in [4.78, 5) is 17.1. The highest BCUT2D eigenvalue weighted by molar-refractivity contribution is 5.82. The Morgan fingerprint density at radius 3 is 2.50 bits per heavy atom. The largest absolute Gasteiger partial charge is 0.340 e. The van der Waals surface area contributed by atoms with Gasteiger partial charge in [-0.15, -0.1) is 0 Å². The number of carbonyl (C=O) groups is 1. The summed E-state index contributed by atoms with van der Waals surface area (Å²) in [5, 5.41) is 5.61. The molecule has 1 saturated heterocycles. The Labute approximate surface area is 166 Å². The normalized spacial score (nSPS) is 15.3. The number of hydrogen-bond acceptors (Lipinski definition) is 3. The van der Waals surface area contributed by atoms with E-state index in [4.69, 9.17) is 0 Å². The Bertz CT molecular complexity index is 952. The molecule has 1 aromatic heterocycles. The van der Waals surface area contributed by atoms with Crippen LogP contribution in [0, 0.1) is 13.8 Å². The standard InChI is InChI=1S/C23H28N4O/c1-18-6-8-20(9-7-18)17-25-12-14-26(15-13-25)22(28)10-11-27-23-19(2)4-3-5-21(23)16-24-27/h3-9,16H,10-15,17H2,1-2H3. The third-order valence-corrected chi connectivity index (χ3v) is 5.65. The molecule has 0 atom stereocenters. The first kappa shape index (κ1) is 18.7. The van der Waals surface area contributed by atoms with E-state index in [1.54, 1.807) is 0 Å². The van der Waals surface area contributed by atoms with Crippen LogP contribution in [0.5, 0.6) is 0 Å². The SMILES string of the molecule is Cc1ccc(CN2CCN(C(=O)CCn3ncc4cccc(C)c43)CC2)cc1. The molecule has 5 nitrogen and oxygen atoms in total. The monoisotopic (exact) mass is 376 g/mol. The third kappa shape index (κ3) is 4.09. The molecule has 3 aromatic rings. The van der Waals surface area contributed by atoms with Crippen LogP contribution in [0.4, 0.5) is 0 Å². The van der Waals surface area contributed by atoms with Gasteiger partial charge in [0, 0.05) is 44.5 Å². The van der Waals surface area contributed by atoms with Crippen LogP contribution < -0.4 is 0 Å². The summed E-state index contributed by atoms with van der Waals surface area (Å²) in [5.41, 5.74) is 4.97. The lowest BCUT2D eigenvalue weighted by Crippen LogP contribution is -2.48. The van der Waals surface area contributed by atoms with Crippen molar-refractivity contribution in [2.75, 3.05) is 26.2 Å². The number of nitrogens with zero attached hydrogens (tertiary/aromatic N) is 4. The maximum Gasteiger partial charge on any atom is 0.224 e. The second-order valence-corrected chi connectivity index (χ2v) is 7.77. The predicted molar refractivity (Wildman–Crippen MR) is 112 cm³/mol. The van der Waals surface area contributed by atoms with Gasteiger partial charge in [-0.3, -0.25) is 14.4 Å². The van der Waals surface area contributed by atoms with Crippen LogP contribution in [0.1, 0.15) is 23.1 Å². The smallest absolute Gasteiger partial charge is 0.224 e.